The second kappa shape index (κ2) is 14.7. The molecule has 3 aromatic heterocycles. The van der Waals surface area contributed by atoms with Gasteiger partial charge in [0, 0.05) is 75.7 Å². The van der Waals surface area contributed by atoms with Gasteiger partial charge < -0.3 is 19.1 Å². The highest BCUT2D eigenvalue weighted by Gasteiger charge is 2.19. The first-order valence-electron chi connectivity index (χ1n) is 14.7. The Morgan fingerprint density at radius 2 is 1.70 bits per heavy atom. The summed E-state index contributed by atoms with van der Waals surface area (Å²) in [7, 11) is 0. The van der Waals surface area contributed by atoms with Crippen LogP contribution in [0.15, 0.2) is 79.5 Å². The van der Waals surface area contributed by atoms with Crippen molar-refractivity contribution in [3.8, 4) is 23.2 Å². The number of ether oxygens (including phenoxy) is 1. The molecule has 43 heavy (non-hydrogen) atoms. The molecule has 2 amide bonds. The molecule has 1 aromatic carbocycles. The number of carbonyl (C=O) groups excluding carboxylic acids is 2. The van der Waals surface area contributed by atoms with Crippen LogP contribution in [0, 0.1) is 11.3 Å². The van der Waals surface area contributed by atoms with Crippen LogP contribution >= 0.6 is 0 Å². The van der Waals surface area contributed by atoms with Gasteiger partial charge in [-0.1, -0.05) is 12.1 Å². The second-order valence-electron chi connectivity index (χ2n) is 10.5. The third-order valence-electron chi connectivity index (χ3n) is 7.51. The maximum Gasteiger partial charge on any atom is 0.255 e. The Morgan fingerprint density at radius 1 is 0.884 bits per heavy atom. The fourth-order valence-corrected chi connectivity index (χ4v) is 5.16. The van der Waals surface area contributed by atoms with Gasteiger partial charge in [0.05, 0.1) is 12.2 Å². The monoisotopic (exact) mass is 577 g/mol. The van der Waals surface area contributed by atoms with Crippen molar-refractivity contribution in [1.82, 2.24) is 29.3 Å². The minimum atomic E-state index is -0.141. The van der Waals surface area contributed by atoms with Crippen LogP contribution in [-0.4, -0.2) is 73.9 Å². The molecule has 0 atom stereocenters. The number of fused-ring (bicyclic) bond motifs is 4. The summed E-state index contributed by atoms with van der Waals surface area (Å²) in [6, 6.07) is 16.9. The molecule has 5 rings (SSSR count). The Morgan fingerprint density at radius 3 is 2.49 bits per heavy atom. The lowest BCUT2D eigenvalue weighted by Crippen LogP contribution is -2.36. The quantitative estimate of drug-likeness (QED) is 0.353. The van der Waals surface area contributed by atoms with E-state index < -0.39 is 0 Å². The average Bonchev–Trinajstić information content (AvgIpc) is 3.53. The van der Waals surface area contributed by atoms with E-state index in [-0.39, 0.29) is 17.5 Å². The summed E-state index contributed by atoms with van der Waals surface area (Å²) < 4.78 is 8.11. The predicted octanol–water partition coefficient (Wildman–Crippen LogP) is 4.38. The van der Waals surface area contributed by atoms with E-state index in [1.54, 1.807) is 30.7 Å². The average molecular weight is 578 g/mol. The fourth-order valence-electron chi connectivity index (χ4n) is 5.16. The molecule has 10 heteroatoms. The topological polar surface area (TPSA) is 117 Å². The normalized spacial score (nSPS) is 14.6. The standard InChI is InChI=1S/C33H35N7O3/c34-24-29-9-8-28(25-37-29)33(42)40-17-2-1-16-38(31(41)10-7-26-11-13-35-14-12-26)18-4-22-43-30-6-3-5-27(23-30)32-36-15-19-39(32)20-21-40/h3,5-6,8-9,11-15,19,23,25H,1-2,4,7,10,16-18,20-22H2. The summed E-state index contributed by atoms with van der Waals surface area (Å²) in [6.45, 7) is 3.24. The number of carbonyl (C=O) groups is 2. The lowest BCUT2D eigenvalue weighted by molar-refractivity contribution is -0.131. The molecule has 0 N–H and O–H groups in total. The van der Waals surface area contributed by atoms with Crippen LogP contribution in [0.4, 0.5) is 0 Å². The van der Waals surface area contributed by atoms with Crippen molar-refractivity contribution in [2.45, 2.75) is 38.6 Å². The maximum atomic E-state index is 13.6. The lowest BCUT2D eigenvalue weighted by Gasteiger charge is -2.25. The van der Waals surface area contributed by atoms with Crippen LogP contribution in [0.3, 0.4) is 0 Å². The first kappa shape index (κ1) is 29.5. The number of benzene rings is 1. The van der Waals surface area contributed by atoms with Crippen molar-refractivity contribution in [2.75, 3.05) is 32.8 Å². The van der Waals surface area contributed by atoms with Crippen LogP contribution < -0.4 is 4.74 Å². The van der Waals surface area contributed by atoms with Gasteiger partial charge in [-0.05, 0) is 67.6 Å². The van der Waals surface area contributed by atoms with E-state index in [4.69, 9.17) is 10.00 Å². The van der Waals surface area contributed by atoms with E-state index in [1.807, 2.05) is 63.0 Å². The smallest absolute Gasteiger partial charge is 0.255 e. The summed E-state index contributed by atoms with van der Waals surface area (Å²) in [5.41, 5.74) is 2.72. The summed E-state index contributed by atoms with van der Waals surface area (Å²) in [5, 5.41) is 9.11. The number of aromatic nitrogens is 4. The van der Waals surface area contributed by atoms with Crippen molar-refractivity contribution in [2.24, 2.45) is 0 Å². The number of rotatable bonds is 4. The third-order valence-corrected chi connectivity index (χ3v) is 7.51. The Balaban J connectivity index is 1.33. The van der Waals surface area contributed by atoms with Crippen LogP contribution in [0.2, 0.25) is 0 Å². The van der Waals surface area contributed by atoms with Gasteiger partial charge in [0.25, 0.3) is 5.91 Å². The van der Waals surface area contributed by atoms with Crippen LogP contribution in [0.25, 0.3) is 11.4 Å². The molecule has 2 bridgehead atoms. The minimum Gasteiger partial charge on any atom is -0.494 e. The zero-order valence-corrected chi connectivity index (χ0v) is 24.1. The number of amides is 2. The number of nitrogens with zero attached hydrogens (tertiary/aromatic N) is 7. The van der Waals surface area contributed by atoms with Crippen molar-refractivity contribution in [3.05, 3.63) is 96.3 Å². The molecular weight excluding hydrogens is 542 g/mol. The van der Waals surface area contributed by atoms with E-state index >= 15 is 0 Å². The highest BCUT2D eigenvalue weighted by Crippen LogP contribution is 2.23. The molecule has 10 nitrogen and oxygen atoms in total. The Bertz CT molecular complexity index is 1550. The first-order valence-corrected chi connectivity index (χ1v) is 14.7. The van der Waals surface area contributed by atoms with Gasteiger partial charge in [0.15, 0.2) is 0 Å². The lowest BCUT2D eigenvalue weighted by atomic mass is 10.1. The molecule has 0 saturated carbocycles. The molecule has 0 aliphatic carbocycles. The number of hydrogen-bond donors (Lipinski definition) is 0. The molecular formula is C33H35N7O3. The molecule has 4 heterocycles. The minimum absolute atomic E-state index is 0.110. The van der Waals surface area contributed by atoms with Gasteiger partial charge in [0.2, 0.25) is 5.91 Å². The van der Waals surface area contributed by atoms with Gasteiger partial charge in [-0.15, -0.1) is 0 Å². The second-order valence-corrected chi connectivity index (χ2v) is 10.5. The number of imidazole rings is 1. The van der Waals surface area contributed by atoms with Crippen LogP contribution in [0.1, 0.15) is 47.3 Å². The molecule has 0 spiro atoms. The van der Waals surface area contributed by atoms with Crippen molar-refractivity contribution in [1.29, 1.82) is 5.26 Å². The molecule has 0 saturated heterocycles. The largest absolute Gasteiger partial charge is 0.494 e. The molecule has 0 radical (unpaired) electrons. The van der Waals surface area contributed by atoms with E-state index in [1.165, 1.54) is 6.20 Å². The van der Waals surface area contributed by atoms with E-state index in [2.05, 4.69) is 15.0 Å². The van der Waals surface area contributed by atoms with Gasteiger partial charge in [-0.2, -0.15) is 5.26 Å². The number of nitriles is 1. The number of hydrogen-bond acceptors (Lipinski definition) is 7. The van der Waals surface area contributed by atoms with Gasteiger partial charge in [-0.25, -0.2) is 9.97 Å². The summed E-state index contributed by atoms with van der Waals surface area (Å²) in [5.74, 6) is 1.52. The van der Waals surface area contributed by atoms with E-state index in [0.29, 0.717) is 64.2 Å². The van der Waals surface area contributed by atoms with Crippen LogP contribution in [0.5, 0.6) is 5.75 Å². The Kier molecular flexibility index (Phi) is 10.1. The van der Waals surface area contributed by atoms with Gasteiger partial charge in [-0.3, -0.25) is 14.6 Å². The summed E-state index contributed by atoms with van der Waals surface area (Å²) >= 11 is 0. The third kappa shape index (κ3) is 8.04. The molecule has 1 aliphatic rings. The number of pyridine rings is 2. The van der Waals surface area contributed by atoms with Crippen molar-refractivity contribution >= 4 is 11.8 Å². The molecule has 0 unspecified atom stereocenters. The summed E-state index contributed by atoms with van der Waals surface area (Å²) in [4.78, 5) is 43.3. The molecule has 1 aliphatic heterocycles. The molecule has 220 valence electrons. The molecule has 0 fully saturated rings. The molecule has 4 aromatic rings. The summed E-state index contributed by atoms with van der Waals surface area (Å²) in [6.07, 6.45) is 11.9. The first-order chi connectivity index (χ1) is 21.1. The van der Waals surface area contributed by atoms with E-state index in [9.17, 15) is 9.59 Å². The Labute approximate surface area is 251 Å². The Hall–Kier alpha value is -5.04. The highest BCUT2D eigenvalue weighted by molar-refractivity contribution is 5.94. The highest BCUT2D eigenvalue weighted by atomic mass is 16.5. The van der Waals surface area contributed by atoms with Crippen molar-refractivity contribution < 1.29 is 14.3 Å². The SMILES string of the molecule is N#Cc1ccc(C(=O)N2CCCCN(C(=O)CCc3ccncc3)CCCOc3cccc(c3)-c3nccn3CC2)cn1. The maximum absolute atomic E-state index is 13.6. The zero-order chi connectivity index (χ0) is 29.9. The van der Waals surface area contributed by atoms with E-state index in [0.717, 1.165) is 35.5 Å². The zero-order valence-electron chi connectivity index (χ0n) is 24.1. The predicted molar refractivity (Wildman–Crippen MR) is 161 cm³/mol. The van der Waals surface area contributed by atoms with Gasteiger partial charge in [0.1, 0.15) is 23.3 Å². The fraction of sp³-hybridized carbons (Fsp3) is 0.333. The van der Waals surface area contributed by atoms with Gasteiger partial charge >= 0.3 is 0 Å². The van der Waals surface area contributed by atoms with Crippen LogP contribution in [-0.2, 0) is 17.8 Å². The number of aryl methyl sites for hydroxylation is 1. The van der Waals surface area contributed by atoms with Crippen molar-refractivity contribution in [3.63, 3.8) is 0 Å².